The Labute approximate surface area is 169 Å². The second-order valence-corrected chi connectivity index (χ2v) is 7.12. The van der Waals surface area contributed by atoms with Crippen molar-refractivity contribution in [1.82, 2.24) is 10.2 Å². The summed E-state index contributed by atoms with van der Waals surface area (Å²) in [4.78, 5) is 37.9. The average Bonchev–Trinajstić information content (AvgIpc) is 2.91. The number of hydrogen-bond donors (Lipinski definition) is 1. The molecule has 2 aromatic rings. The maximum absolute atomic E-state index is 13.8. The van der Waals surface area contributed by atoms with E-state index in [1.807, 2.05) is 6.07 Å². The summed E-state index contributed by atoms with van der Waals surface area (Å²) in [5.74, 6) is -1.84. The van der Waals surface area contributed by atoms with E-state index in [0.717, 1.165) is 4.90 Å². The number of halogens is 2. The molecule has 0 spiro atoms. The van der Waals surface area contributed by atoms with Gasteiger partial charge in [-0.2, -0.15) is 5.26 Å². The lowest BCUT2D eigenvalue weighted by molar-refractivity contribution is -0.121. The van der Waals surface area contributed by atoms with E-state index in [1.165, 1.54) is 18.2 Å². The summed E-state index contributed by atoms with van der Waals surface area (Å²) in [6.07, 6.45) is 0.220. The van der Waals surface area contributed by atoms with Crippen LogP contribution in [0.25, 0.3) is 0 Å². The fourth-order valence-corrected chi connectivity index (χ4v) is 3.35. The van der Waals surface area contributed by atoms with E-state index in [1.54, 1.807) is 24.3 Å². The summed E-state index contributed by atoms with van der Waals surface area (Å²) in [7, 11) is 0. The van der Waals surface area contributed by atoms with Crippen LogP contribution in [0.1, 0.15) is 45.2 Å². The number of nitrogens with zero attached hydrogens (tertiary/aromatic N) is 2. The Balaban J connectivity index is 1.56. The summed E-state index contributed by atoms with van der Waals surface area (Å²) in [5, 5.41) is 11.7. The Hall–Kier alpha value is -3.05. The summed E-state index contributed by atoms with van der Waals surface area (Å²) in [6, 6.07) is 11.3. The van der Waals surface area contributed by atoms with Crippen molar-refractivity contribution in [3.05, 3.63) is 69.4 Å². The molecule has 0 bridgehead atoms. The molecule has 3 amide bonds. The van der Waals surface area contributed by atoms with Crippen LogP contribution >= 0.6 is 15.9 Å². The Morgan fingerprint density at radius 3 is 2.61 bits per heavy atom. The van der Waals surface area contributed by atoms with Gasteiger partial charge in [-0.05, 0) is 30.7 Å². The molecular formula is C20H15BrFN3O3. The minimum absolute atomic E-state index is 0.0102. The van der Waals surface area contributed by atoms with Gasteiger partial charge in [0.2, 0.25) is 5.91 Å². The number of imide groups is 1. The fraction of sp³-hybridized carbons (Fsp3) is 0.200. The lowest BCUT2D eigenvalue weighted by Crippen LogP contribution is -2.32. The minimum Gasteiger partial charge on any atom is -0.337 e. The van der Waals surface area contributed by atoms with Gasteiger partial charge in [0.1, 0.15) is 11.9 Å². The zero-order chi connectivity index (χ0) is 20.3. The first-order chi connectivity index (χ1) is 13.4. The highest BCUT2D eigenvalue weighted by Gasteiger charge is 2.35. The van der Waals surface area contributed by atoms with E-state index >= 15 is 0 Å². The van der Waals surface area contributed by atoms with Crippen LogP contribution in [0.3, 0.4) is 0 Å². The molecule has 8 heteroatoms. The summed E-state index contributed by atoms with van der Waals surface area (Å²) in [6.45, 7) is 0.0777. The van der Waals surface area contributed by atoms with Crippen molar-refractivity contribution in [3.63, 3.8) is 0 Å². The Kier molecular flexibility index (Phi) is 5.85. The van der Waals surface area contributed by atoms with Crippen molar-refractivity contribution in [1.29, 1.82) is 5.26 Å². The molecule has 0 saturated carbocycles. The molecule has 0 aliphatic carbocycles. The number of benzene rings is 2. The molecule has 1 N–H and O–H groups in total. The molecule has 142 valence electrons. The molecule has 28 heavy (non-hydrogen) atoms. The van der Waals surface area contributed by atoms with E-state index in [4.69, 9.17) is 0 Å². The van der Waals surface area contributed by atoms with Crippen LogP contribution in [0.4, 0.5) is 4.39 Å². The lowest BCUT2D eigenvalue weighted by atomic mass is 10.1. The second-order valence-electron chi connectivity index (χ2n) is 6.21. The molecule has 1 aliphatic rings. The molecule has 3 rings (SSSR count). The average molecular weight is 444 g/mol. The Morgan fingerprint density at radius 1 is 1.18 bits per heavy atom. The number of fused-ring (bicyclic) bond motifs is 1. The zero-order valence-corrected chi connectivity index (χ0v) is 16.2. The normalized spacial score (nSPS) is 13.8. The van der Waals surface area contributed by atoms with Gasteiger partial charge in [-0.25, -0.2) is 4.39 Å². The van der Waals surface area contributed by atoms with Crippen LogP contribution in [0.15, 0.2) is 46.9 Å². The monoisotopic (exact) mass is 443 g/mol. The van der Waals surface area contributed by atoms with E-state index in [0.29, 0.717) is 15.6 Å². The van der Waals surface area contributed by atoms with Gasteiger partial charge in [-0.1, -0.05) is 34.1 Å². The molecule has 0 fully saturated rings. The van der Waals surface area contributed by atoms with E-state index in [9.17, 15) is 24.0 Å². The van der Waals surface area contributed by atoms with Crippen molar-refractivity contribution >= 4 is 33.7 Å². The first-order valence-electron chi connectivity index (χ1n) is 8.51. The van der Waals surface area contributed by atoms with Crippen LogP contribution in [-0.2, 0) is 4.79 Å². The third-order valence-electron chi connectivity index (χ3n) is 4.37. The van der Waals surface area contributed by atoms with Gasteiger partial charge >= 0.3 is 0 Å². The molecule has 2 aromatic carbocycles. The molecule has 0 saturated heterocycles. The SMILES string of the molecule is N#CC(NC(=O)CCCN1C(=O)c2ccc(Br)cc2C1=O)c1ccccc1F. The van der Waals surface area contributed by atoms with Gasteiger partial charge in [0.15, 0.2) is 0 Å². The third-order valence-corrected chi connectivity index (χ3v) is 4.86. The van der Waals surface area contributed by atoms with Crippen LogP contribution < -0.4 is 5.32 Å². The van der Waals surface area contributed by atoms with Crippen molar-refractivity contribution in [3.8, 4) is 6.07 Å². The topological polar surface area (TPSA) is 90.3 Å². The van der Waals surface area contributed by atoms with Crippen LogP contribution in [0, 0.1) is 17.1 Å². The highest BCUT2D eigenvalue weighted by molar-refractivity contribution is 9.10. The molecule has 1 aliphatic heterocycles. The van der Waals surface area contributed by atoms with Crippen molar-refractivity contribution in [2.24, 2.45) is 0 Å². The van der Waals surface area contributed by atoms with Crippen LogP contribution in [-0.4, -0.2) is 29.2 Å². The zero-order valence-electron chi connectivity index (χ0n) is 14.6. The van der Waals surface area contributed by atoms with E-state index in [2.05, 4.69) is 21.2 Å². The smallest absolute Gasteiger partial charge is 0.261 e. The van der Waals surface area contributed by atoms with Gasteiger partial charge < -0.3 is 5.32 Å². The second kappa shape index (κ2) is 8.31. The summed E-state index contributed by atoms with van der Waals surface area (Å²) < 4.78 is 14.5. The third kappa shape index (κ3) is 3.94. The number of rotatable bonds is 6. The summed E-state index contributed by atoms with van der Waals surface area (Å²) >= 11 is 3.27. The molecule has 0 aromatic heterocycles. The Morgan fingerprint density at radius 2 is 1.89 bits per heavy atom. The number of nitrogens with one attached hydrogen (secondary N) is 1. The predicted octanol–water partition coefficient (Wildman–Crippen LogP) is 3.35. The first kappa shape index (κ1) is 19.7. The molecule has 1 unspecified atom stereocenters. The highest BCUT2D eigenvalue weighted by atomic mass is 79.9. The number of carbonyl (C=O) groups is 3. The van der Waals surface area contributed by atoms with Gasteiger partial charge in [0.25, 0.3) is 11.8 Å². The van der Waals surface area contributed by atoms with Crippen molar-refractivity contribution in [2.45, 2.75) is 18.9 Å². The number of amides is 3. The highest BCUT2D eigenvalue weighted by Crippen LogP contribution is 2.26. The molecule has 6 nitrogen and oxygen atoms in total. The van der Waals surface area contributed by atoms with E-state index < -0.39 is 29.6 Å². The number of carbonyl (C=O) groups excluding carboxylic acids is 3. The number of nitriles is 1. The van der Waals surface area contributed by atoms with E-state index in [-0.39, 0.29) is 24.9 Å². The molecule has 1 heterocycles. The maximum Gasteiger partial charge on any atom is 0.261 e. The minimum atomic E-state index is -1.11. The summed E-state index contributed by atoms with van der Waals surface area (Å²) in [5.41, 5.74) is 0.749. The van der Waals surface area contributed by atoms with Gasteiger partial charge in [0, 0.05) is 23.0 Å². The fourth-order valence-electron chi connectivity index (χ4n) is 2.99. The number of hydrogen-bond acceptors (Lipinski definition) is 4. The standard InChI is InChI=1S/C20H15BrFN3O3/c21-12-7-8-13-15(10-12)20(28)25(19(13)27)9-3-6-18(26)24-17(11-23)14-4-1-2-5-16(14)22/h1-2,4-5,7-8,10,17H,3,6,9H2,(H,24,26). The van der Waals surface area contributed by atoms with Gasteiger partial charge in [0.05, 0.1) is 17.2 Å². The van der Waals surface area contributed by atoms with Crippen molar-refractivity contribution < 1.29 is 18.8 Å². The first-order valence-corrected chi connectivity index (χ1v) is 9.31. The van der Waals surface area contributed by atoms with Gasteiger partial charge in [-0.3, -0.25) is 19.3 Å². The predicted molar refractivity (Wildman–Crippen MR) is 102 cm³/mol. The van der Waals surface area contributed by atoms with Crippen LogP contribution in [0.5, 0.6) is 0 Å². The van der Waals surface area contributed by atoms with Crippen LogP contribution in [0.2, 0.25) is 0 Å². The largest absolute Gasteiger partial charge is 0.337 e. The van der Waals surface area contributed by atoms with Crippen molar-refractivity contribution in [2.75, 3.05) is 6.54 Å². The Bertz CT molecular complexity index is 1000. The quantitative estimate of drug-likeness (QED) is 0.693. The lowest BCUT2D eigenvalue weighted by Gasteiger charge is -2.15. The molecule has 0 radical (unpaired) electrons. The molecular weight excluding hydrogens is 429 g/mol. The molecule has 1 atom stereocenters. The van der Waals surface area contributed by atoms with Gasteiger partial charge in [-0.15, -0.1) is 0 Å². The maximum atomic E-state index is 13.8.